The zero-order valence-electron chi connectivity index (χ0n) is 5.37. The highest BCUT2D eigenvalue weighted by atomic mass is 32.2. The van der Waals surface area contributed by atoms with Gasteiger partial charge in [0.1, 0.15) is 6.04 Å². The number of hydrogen-bond donors (Lipinski definition) is 0. The van der Waals surface area contributed by atoms with Crippen molar-refractivity contribution in [2.75, 3.05) is 6.54 Å². The molecule has 0 spiro atoms. The van der Waals surface area contributed by atoms with Crippen molar-refractivity contribution in [1.82, 2.24) is 4.90 Å². The number of nitrogens with zero attached hydrogens (tertiary/aromatic N) is 1. The molecule has 2 fully saturated rings. The Morgan fingerprint density at radius 2 is 2.30 bits per heavy atom. The number of carbonyl (C=O) groups is 2. The number of fused-ring (bicyclic) bond motifs is 1. The van der Waals surface area contributed by atoms with Gasteiger partial charge in [-0.25, -0.2) is 0 Å². The van der Waals surface area contributed by atoms with E-state index in [0.29, 0.717) is 0 Å². The van der Waals surface area contributed by atoms with E-state index in [0.717, 1.165) is 31.1 Å². The maximum atomic E-state index is 11.0. The molecule has 1 atom stereocenters. The van der Waals surface area contributed by atoms with Gasteiger partial charge in [-0.1, -0.05) is 0 Å². The predicted molar refractivity (Wildman–Crippen MR) is 37.7 cm³/mol. The van der Waals surface area contributed by atoms with Crippen LogP contribution in [0.15, 0.2) is 0 Å². The average Bonchev–Trinajstić information content (AvgIpc) is 2.39. The molecule has 3 nitrogen and oxygen atoms in total. The van der Waals surface area contributed by atoms with Crippen LogP contribution < -0.4 is 0 Å². The number of rotatable bonds is 0. The molecule has 2 aliphatic rings. The number of amides is 1. The van der Waals surface area contributed by atoms with Crippen molar-refractivity contribution in [3.05, 3.63) is 0 Å². The fraction of sp³-hybridized carbons (Fsp3) is 0.667. The standard InChI is InChI=1S/C6H7NO2S/c8-5-4-2-1-3-7(4)6(9)10-5/h4H,1-3H2. The zero-order valence-corrected chi connectivity index (χ0v) is 6.19. The second-order valence-corrected chi connectivity index (χ2v) is 3.49. The van der Waals surface area contributed by atoms with Crippen LogP contribution in [0, 0.1) is 0 Å². The molecule has 0 aromatic carbocycles. The topological polar surface area (TPSA) is 37.4 Å². The zero-order chi connectivity index (χ0) is 7.14. The van der Waals surface area contributed by atoms with Crippen LogP contribution in [0.5, 0.6) is 0 Å². The van der Waals surface area contributed by atoms with E-state index in [1.54, 1.807) is 4.90 Å². The molecule has 4 heteroatoms. The Labute approximate surface area is 62.8 Å². The minimum absolute atomic E-state index is 0.0440. The summed E-state index contributed by atoms with van der Waals surface area (Å²) in [6, 6.07) is -0.0718. The second kappa shape index (κ2) is 1.99. The van der Waals surface area contributed by atoms with E-state index >= 15 is 0 Å². The molecule has 2 rings (SSSR count). The highest BCUT2D eigenvalue weighted by Crippen LogP contribution is 2.32. The van der Waals surface area contributed by atoms with Gasteiger partial charge in [0, 0.05) is 18.3 Å². The summed E-state index contributed by atoms with van der Waals surface area (Å²) in [5, 5.41) is -0.00463. The Kier molecular flexibility index (Phi) is 1.23. The van der Waals surface area contributed by atoms with Gasteiger partial charge in [0.25, 0.3) is 5.24 Å². The highest BCUT2D eigenvalue weighted by molar-refractivity contribution is 8.26. The molecule has 0 N–H and O–H groups in total. The summed E-state index contributed by atoms with van der Waals surface area (Å²) in [7, 11) is 0. The summed E-state index contributed by atoms with van der Waals surface area (Å²) in [4.78, 5) is 23.6. The molecular formula is C6H7NO2S. The maximum Gasteiger partial charge on any atom is 0.289 e. The minimum atomic E-state index is -0.0718. The summed E-state index contributed by atoms with van der Waals surface area (Å²) >= 11 is 0.861. The smallest absolute Gasteiger partial charge is 0.289 e. The predicted octanol–water partition coefficient (Wildman–Crippen LogP) is 0.844. The Hall–Kier alpha value is -0.510. The summed E-state index contributed by atoms with van der Waals surface area (Å²) in [6.45, 7) is 0.780. The first-order valence-electron chi connectivity index (χ1n) is 3.31. The number of thioether (sulfide) groups is 1. The van der Waals surface area contributed by atoms with E-state index < -0.39 is 0 Å². The number of carbonyl (C=O) groups excluding carboxylic acids is 2. The van der Waals surface area contributed by atoms with Crippen LogP contribution in [0.4, 0.5) is 4.79 Å². The molecule has 1 unspecified atom stereocenters. The lowest BCUT2D eigenvalue weighted by atomic mass is 10.2. The van der Waals surface area contributed by atoms with E-state index in [1.165, 1.54) is 0 Å². The van der Waals surface area contributed by atoms with Gasteiger partial charge in [0.15, 0.2) is 0 Å². The lowest BCUT2D eigenvalue weighted by Crippen LogP contribution is -2.28. The van der Waals surface area contributed by atoms with E-state index in [9.17, 15) is 9.59 Å². The van der Waals surface area contributed by atoms with Gasteiger partial charge in [-0.15, -0.1) is 0 Å². The van der Waals surface area contributed by atoms with Crippen molar-refractivity contribution in [2.24, 2.45) is 0 Å². The molecule has 2 saturated heterocycles. The van der Waals surface area contributed by atoms with Crippen molar-refractivity contribution in [1.29, 1.82) is 0 Å². The maximum absolute atomic E-state index is 11.0. The van der Waals surface area contributed by atoms with Crippen LogP contribution in [-0.4, -0.2) is 27.8 Å². The van der Waals surface area contributed by atoms with Crippen molar-refractivity contribution in [3.63, 3.8) is 0 Å². The summed E-state index contributed by atoms with van der Waals surface area (Å²) in [5.74, 6) is 0. The highest BCUT2D eigenvalue weighted by Gasteiger charge is 2.42. The van der Waals surface area contributed by atoms with Gasteiger partial charge in [0.05, 0.1) is 0 Å². The lowest BCUT2D eigenvalue weighted by molar-refractivity contribution is -0.113. The Morgan fingerprint density at radius 1 is 1.50 bits per heavy atom. The van der Waals surface area contributed by atoms with Crippen LogP contribution in [0.3, 0.4) is 0 Å². The normalized spacial score (nSPS) is 31.6. The third-order valence-electron chi connectivity index (χ3n) is 1.95. The van der Waals surface area contributed by atoms with Crippen LogP contribution >= 0.6 is 11.8 Å². The quantitative estimate of drug-likeness (QED) is 0.523. The summed E-state index contributed by atoms with van der Waals surface area (Å²) in [5.41, 5.74) is 0. The Morgan fingerprint density at radius 3 is 3.00 bits per heavy atom. The van der Waals surface area contributed by atoms with Crippen molar-refractivity contribution >= 4 is 22.1 Å². The van der Waals surface area contributed by atoms with Crippen molar-refractivity contribution < 1.29 is 9.59 Å². The summed E-state index contributed by atoms with van der Waals surface area (Å²) in [6.07, 6.45) is 1.86. The summed E-state index contributed by atoms with van der Waals surface area (Å²) < 4.78 is 0. The van der Waals surface area contributed by atoms with Crippen LogP contribution in [-0.2, 0) is 4.79 Å². The van der Waals surface area contributed by atoms with E-state index in [-0.39, 0.29) is 16.4 Å². The third-order valence-corrected chi connectivity index (χ3v) is 2.83. The molecule has 0 aromatic rings. The molecule has 2 heterocycles. The van der Waals surface area contributed by atoms with E-state index in [1.807, 2.05) is 0 Å². The molecule has 0 aliphatic carbocycles. The fourth-order valence-electron chi connectivity index (χ4n) is 1.44. The third kappa shape index (κ3) is 0.683. The monoisotopic (exact) mass is 157 g/mol. The second-order valence-electron chi connectivity index (χ2n) is 2.54. The average molecular weight is 157 g/mol. The molecule has 0 bridgehead atoms. The lowest BCUT2D eigenvalue weighted by Gasteiger charge is -2.10. The molecule has 0 saturated carbocycles. The Balaban J connectivity index is 2.27. The van der Waals surface area contributed by atoms with Gasteiger partial charge >= 0.3 is 0 Å². The van der Waals surface area contributed by atoms with E-state index in [4.69, 9.17) is 0 Å². The van der Waals surface area contributed by atoms with Crippen molar-refractivity contribution in [3.8, 4) is 0 Å². The molecule has 10 heavy (non-hydrogen) atoms. The fourth-order valence-corrected chi connectivity index (χ4v) is 2.33. The van der Waals surface area contributed by atoms with Gasteiger partial charge in [-0.05, 0) is 12.8 Å². The Bertz CT molecular complexity index is 184. The van der Waals surface area contributed by atoms with Crippen LogP contribution in [0.25, 0.3) is 0 Å². The van der Waals surface area contributed by atoms with Gasteiger partial charge in [0.2, 0.25) is 5.12 Å². The molecule has 2 aliphatic heterocycles. The van der Waals surface area contributed by atoms with E-state index in [2.05, 4.69) is 0 Å². The van der Waals surface area contributed by atoms with Gasteiger partial charge in [-0.2, -0.15) is 0 Å². The molecular weight excluding hydrogens is 150 g/mol. The van der Waals surface area contributed by atoms with Crippen LogP contribution in [0.1, 0.15) is 12.8 Å². The van der Waals surface area contributed by atoms with Gasteiger partial charge in [-0.3, -0.25) is 9.59 Å². The van der Waals surface area contributed by atoms with Crippen molar-refractivity contribution in [2.45, 2.75) is 18.9 Å². The van der Waals surface area contributed by atoms with Gasteiger partial charge < -0.3 is 4.90 Å². The first-order chi connectivity index (χ1) is 4.79. The minimum Gasteiger partial charge on any atom is -0.322 e. The molecule has 1 amide bonds. The molecule has 54 valence electrons. The largest absolute Gasteiger partial charge is 0.322 e. The first kappa shape index (κ1) is 6.22. The van der Waals surface area contributed by atoms with Crippen LogP contribution in [0.2, 0.25) is 0 Å². The molecule has 0 aromatic heterocycles. The first-order valence-corrected chi connectivity index (χ1v) is 4.13. The molecule has 0 radical (unpaired) electrons. The SMILES string of the molecule is O=C1SC(=O)N2CCCC12. The number of hydrogen-bond acceptors (Lipinski definition) is 3.